The molecule has 154 valence electrons. The van der Waals surface area contributed by atoms with Gasteiger partial charge in [0.2, 0.25) is 0 Å². The Kier molecular flexibility index (Phi) is 6.85. The summed E-state index contributed by atoms with van der Waals surface area (Å²) >= 11 is 0. The molecule has 3 amide bonds. The summed E-state index contributed by atoms with van der Waals surface area (Å²) in [5.41, 5.74) is 1.64. The molecule has 3 rings (SSSR count). The third kappa shape index (κ3) is 6.04. The van der Waals surface area contributed by atoms with Crippen molar-refractivity contribution in [1.82, 2.24) is 10.2 Å². The van der Waals surface area contributed by atoms with E-state index in [2.05, 4.69) is 34.7 Å². The Hall–Kier alpha value is -2.90. The average molecular weight is 396 g/mol. The second-order valence-corrected chi connectivity index (χ2v) is 7.62. The molecule has 2 aromatic rings. The molecule has 0 radical (unpaired) electrons. The summed E-state index contributed by atoms with van der Waals surface area (Å²) in [7, 11) is 0. The number of nitrogens with one attached hydrogen (secondary N) is 3. The summed E-state index contributed by atoms with van der Waals surface area (Å²) in [4.78, 5) is 26.9. The second-order valence-electron chi connectivity index (χ2n) is 7.62. The summed E-state index contributed by atoms with van der Waals surface area (Å²) in [5.74, 6) is -0.195. The quantitative estimate of drug-likeness (QED) is 0.700. The first-order valence-electron chi connectivity index (χ1n) is 9.78. The Morgan fingerprint density at radius 2 is 1.62 bits per heavy atom. The van der Waals surface area contributed by atoms with Gasteiger partial charge < -0.3 is 20.7 Å². The number of amides is 3. The highest BCUT2D eigenvalue weighted by Gasteiger charge is 2.28. The first-order valence-corrected chi connectivity index (χ1v) is 9.78. The topological polar surface area (TPSA) is 82.7 Å². The fraction of sp³-hybridized carbons (Fsp3) is 0.364. The lowest BCUT2D eigenvalue weighted by atomic mass is 10.0. The molecule has 7 nitrogen and oxygen atoms in total. The van der Waals surface area contributed by atoms with Crippen LogP contribution in [0.2, 0.25) is 0 Å². The van der Waals surface area contributed by atoms with Crippen molar-refractivity contribution in [2.45, 2.75) is 19.4 Å². The maximum atomic E-state index is 12.3. The fourth-order valence-electron chi connectivity index (χ4n) is 3.22. The van der Waals surface area contributed by atoms with E-state index in [9.17, 15) is 9.59 Å². The highest BCUT2D eigenvalue weighted by Crippen LogP contribution is 2.17. The number of anilines is 2. The van der Waals surface area contributed by atoms with Crippen molar-refractivity contribution in [3.05, 3.63) is 60.2 Å². The Bertz CT molecular complexity index is 833. The van der Waals surface area contributed by atoms with Gasteiger partial charge in [-0.3, -0.25) is 9.69 Å². The number of nitrogens with zero attached hydrogens (tertiary/aromatic N) is 1. The summed E-state index contributed by atoms with van der Waals surface area (Å²) in [6.07, 6.45) is 0. The van der Waals surface area contributed by atoms with E-state index in [0.717, 1.165) is 26.3 Å². The molecule has 0 atom stereocenters. The van der Waals surface area contributed by atoms with Crippen molar-refractivity contribution in [1.29, 1.82) is 0 Å². The molecule has 3 N–H and O–H groups in total. The fourth-order valence-corrected chi connectivity index (χ4v) is 3.22. The highest BCUT2D eigenvalue weighted by atomic mass is 16.5. The van der Waals surface area contributed by atoms with Gasteiger partial charge in [0.1, 0.15) is 0 Å². The van der Waals surface area contributed by atoms with Gasteiger partial charge in [-0.15, -0.1) is 0 Å². The Morgan fingerprint density at radius 1 is 0.966 bits per heavy atom. The Morgan fingerprint density at radius 3 is 2.31 bits per heavy atom. The zero-order valence-corrected chi connectivity index (χ0v) is 16.9. The van der Waals surface area contributed by atoms with E-state index >= 15 is 0 Å². The van der Waals surface area contributed by atoms with Gasteiger partial charge in [0.15, 0.2) is 0 Å². The van der Waals surface area contributed by atoms with Crippen LogP contribution in [0, 0.1) is 0 Å². The molecular formula is C22H28N4O3. The van der Waals surface area contributed by atoms with Crippen molar-refractivity contribution >= 4 is 23.3 Å². The van der Waals surface area contributed by atoms with Crippen LogP contribution in [0.1, 0.15) is 24.2 Å². The molecule has 0 saturated carbocycles. The van der Waals surface area contributed by atoms with E-state index in [1.807, 2.05) is 18.2 Å². The smallest absolute Gasteiger partial charge is 0.319 e. The number of urea groups is 1. The van der Waals surface area contributed by atoms with Crippen LogP contribution < -0.4 is 16.0 Å². The minimum absolute atomic E-state index is 0.160. The van der Waals surface area contributed by atoms with Crippen molar-refractivity contribution in [2.75, 3.05) is 43.5 Å². The van der Waals surface area contributed by atoms with Gasteiger partial charge >= 0.3 is 6.03 Å². The van der Waals surface area contributed by atoms with Crippen LogP contribution in [0.4, 0.5) is 16.2 Å². The van der Waals surface area contributed by atoms with Gasteiger partial charge in [0, 0.05) is 42.1 Å². The van der Waals surface area contributed by atoms with Crippen LogP contribution >= 0.6 is 0 Å². The average Bonchev–Trinajstić information content (AvgIpc) is 2.74. The van der Waals surface area contributed by atoms with Gasteiger partial charge in [0.05, 0.1) is 13.2 Å². The van der Waals surface area contributed by atoms with Gasteiger partial charge in [-0.2, -0.15) is 0 Å². The van der Waals surface area contributed by atoms with Gasteiger partial charge in [-0.1, -0.05) is 24.3 Å². The third-order valence-corrected chi connectivity index (χ3v) is 4.96. The summed E-state index contributed by atoms with van der Waals surface area (Å²) in [6, 6.07) is 15.8. The minimum Gasteiger partial charge on any atom is -0.379 e. The number of carbonyl (C=O) groups is 2. The zero-order chi connectivity index (χ0) is 20.7. The lowest BCUT2D eigenvalue weighted by Gasteiger charge is -2.40. The SMILES string of the molecule is CC(C)(CNC(=O)Nc1cccc(NC(=O)c2ccccc2)c1)N1CCOCC1. The lowest BCUT2D eigenvalue weighted by molar-refractivity contribution is -0.00863. The molecule has 0 unspecified atom stereocenters. The van der Waals surface area contributed by atoms with Crippen LogP contribution in [0.3, 0.4) is 0 Å². The molecule has 2 aromatic carbocycles. The van der Waals surface area contributed by atoms with E-state index < -0.39 is 0 Å². The molecule has 1 fully saturated rings. The van der Waals surface area contributed by atoms with Crippen molar-refractivity contribution in [2.24, 2.45) is 0 Å². The van der Waals surface area contributed by atoms with Crippen LogP contribution in [-0.2, 0) is 4.74 Å². The largest absolute Gasteiger partial charge is 0.379 e. The normalized spacial score (nSPS) is 14.8. The van der Waals surface area contributed by atoms with Crippen LogP contribution in [0.15, 0.2) is 54.6 Å². The first kappa shape index (κ1) is 20.8. The number of rotatable bonds is 6. The Labute approximate surface area is 171 Å². The predicted octanol–water partition coefficient (Wildman–Crippen LogP) is 3.17. The predicted molar refractivity (Wildman–Crippen MR) is 114 cm³/mol. The van der Waals surface area contributed by atoms with Crippen LogP contribution in [-0.4, -0.2) is 55.2 Å². The van der Waals surface area contributed by atoms with Gasteiger partial charge in [-0.05, 0) is 44.2 Å². The van der Waals surface area contributed by atoms with E-state index in [0.29, 0.717) is 23.5 Å². The maximum absolute atomic E-state index is 12.3. The monoisotopic (exact) mass is 396 g/mol. The molecule has 1 heterocycles. The highest BCUT2D eigenvalue weighted by molar-refractivity contribution is 6.04. The van der Waals surface area contributed by atoms with Crippen molar-refractivity contribution in [3.8, 4) is 0 Å². The summed E-state index contributed by atoms with van der Waals surface area (Å²) in [5, 5.41) is 8.60. The lowest BCUT2D eigenvalue weighted by Crippen LogP contribution is -2.55. The number of morpholine rings is 1. The molecule has 1 aliphatic heterocycles. The van der Waals surface area contributed by atoms with Crippen LogP contribution in [0.5, 0.6) is 0 Å². The zero-order valence-electron chi connectivity index (χ0n) is 16.9. The number of ether oxygens (including phenoxy) is 1. The van der Waals surface area contributed by atoms with Gasteiger partial charge in [-0.25, -0.2) is 4.79 Å². The molecule has 0 bridgehead atoms. The molecule has 0 aliphatic carbocycles. The molecule has 1 aliphatic rings. The molecule has 0 aromatic heterocycles. The number of hydrogen-bond donors (Lipinski definition) is 3. The van der Waals surface area contributed by atoms with Gasteiger partial charge in [0.25, 0.3) is 5.91 Å². The van der Waals surface area contributed by atoms with Crippen LogP contribution in [0.25, 0.3) is 0 Å². The van der Waals surface area contributed by atoms with E-state index in [-0.39, 0.29) is 17.5 Å². The maximum Gasteiger partial charge on any atom is 0.319 e. The van der Waals surface area contributed by atoms with E-state index in [1.165, 1.54) is 0 Å². The molecular weight excluding hydrogens is 368 g/mol. The first-order chi connectivity index (χ1) is 13.9. The molecule has 1 saturated heterocycles. The van der Waals surface area contributed by atoms with Crippen molar-refractivity contribution in [3.63, 3.8) is 0 Å². The second kappa shape index (κ2) is 9.54. The number of hydrogen-bond acceptors (Lipinski definition) is 4. The minimum atomic E-state index is -0.280. The molecule has 29 heavy (non-hydrogen) atoms. The van der Waals surface area contributed by atoms with Crippen molar-refractivity contribution < 1.29 is 14.3 Å². The van der Waals surface area contributed by atoms with E-state index in [4.69, 9.17) is 4.74 Å². The molecule has 0 spiro atoms. The Balaban J connectivity index is 1.52. The summed E-state index contributed by atoms with van der Waals surface area (Å²) in [6.45, 7) is 7.90. The number of carbonyl (C=O) groups excluding carboxylic acids is 2. The number of benzene rings is 2. The molecule has 7 heteroatoms. The van der Waals surface area contributed by atoms with E-state index in [1.54, 1.807) is 36.4 Å². The standard InChI is InChI=1S/C22H28N4O3/c1-22(2,26-11-13-29-14-12-26)16-23-21(28)25-19-10-6-9-18(15-19)24-20(27)17-7-4-3-5-8-17/h3-10,15H,11-14,16H2,1-2H3,(H,24,27)(H2,23,25,28). The summed E-state index contributed by atoms with van der Waals surface area (Å²) < 4.78 is 5.40. The third-order valence-electron chi connectivity index (χ3n) is 4.96.